The van der Waals surface area contributed by atoms with Gasteiger partial charge in [0.1, 0.15) is 6.20 Å². The van der Waals surface area contributed by atoms with Crippen LogP contribution in [0.1, 0.15) is 0 Å². The van der Waals surface area contributed by atoms with E-state index in [1.54, 1.807) is 12.5 Å². The van der Waals surface area contributed by atoms with Gasteiger partial charge < -0.3 is 5.48 Å². The molecule has 1 aromatic heterocycles. The summed E-state index contributed by atoms with van der Waals surface area (Å²) in [5.74, 6) is 0. The maximum atomic E-state index is 3.85. The van der Waals surface area contributed by atoms with Gasteiger partial charge in [-0.1, -0.05) is 4.98 Å². The van der Waals surface area contributed by atoms with E-state index in [-0.39, 0.29) is 5.48 Å². The van der Waals surface area contributed by atoms with E-state index in [1.165, 1.54) is 0 Å². The van der Waals surface area contributed by atoms with Gasteiger partial charge in [-0.3, -0.25) is 0 Å². The van der Waals surface area contributed by atoms with Crippen molar-refractivity contribution < 1.29 is 10.0 Å². The summed E-state index contributed by atoms with van der Waals surface area (Å²) >= 11 is 0. The average Bonchev–Trinajstić information content (AvgIpc) is 1.69. The summed E-state index contributed by atoms with van der Waals surface area (Å²) in [4.78, 5) is 3.85. The Kier molecular flexibility index (Phi) is 2.72. The molecule has 0 radical (unpaired) electrons. The molecule has 1 N–H and O–H groups in total. The van der Waals surface area contributed by atoms with Gasteiger partial charge in [-0.2, -0.15) is 0 Å². The van der Waals surface area contributed by atoms with E-state index in [0.29, 0.717) is 0 Å². The third-order valence-corrected chi connectivity index (χ3v) is 0.742. The Balaban J connectivity index is 0.000000490. The van der Waals surface area contributed by atoms with E-state index in [4.69, 9.17) is 0 Å². The molecule has 0 unspecified atom stereocenters. The molecule has 1 rings (SSSR count). The van der Waals surface area contributed by atoms with Crippen molar-refractivity contribution >= 4 is 0 Å². The van der Waals surface area contributed by atoms with E-state index in [0.717, 1.165) is 0 Å². The van der Waals surface area contributed by atoms with Crippen LogP contribution in [-0.2, 0) is 7.05 Å². The van der Waals surface area contributed by atoms with Crippen LogP contribution in [0, 0.1) is 0 Å². The largest absolute Gasteiger partial charge is 0.870 e. The minimum absolute atomic E-state index is 0. The van der Waals surface area contributed by atoms with E-state index < -0.39 is 0 Å². The van der Waals surface area contributed by atoms with Crippen molar-refractivity contribution in [1.82, 2.24) is 4.98 Å². The minimum Gasteiger partial charge on any atom is -0.870 e. The van der Waals surface area contributed by atoms with Crippen LogP contribution in [0.3, 0.4) is 0 Å². The number of aryl methyl sites for hydroxylation is 1. The Morgan fingerprint density at radius 3 is 2.50 bits per heavy atom. The first-order valence-corrected chi connectivity index (χ1v) is 2.15. The molecule has 0 amide bonds. The van der Waals surface area contributed by atoms with Crippen molar-refractivity contribution in [2.24, 2.45) is 7.05 Å². The number of rotatable bonds is 0. The van der Waals surface area contributed by atoms with Crippen LogP contribution in [0.4, 0.5) is 0 Å². The highest BCUT2D eigenvalue weighted by Crippen LogP contribution is 1.64. The fourth-order valence-electron chi connectivity index (χ4n) is 0.406. The predicted octanol–water partition coefficient (Wildman–Crippen LogP) is -0.271. The summed E-state index contributed by atoms with van der Waals surface area (Å²) in [7, 11) is 1.94. The molecule has 0 aliphatic rings. The van der Waals surface area contributed by atoms with Gasteiger partial charge in [-0.25, -0.2) is 4.57 Å². The smallest absolute Gasteiger partial charge is 0.285 e. The van der Waals surface area contributed by atoms with Crippen LogP contribution in [-0.4, -0.2) is 10.5 Å². The molecule has 0 atom stereocenters. The van der Waals surface area contributed by atoms with Gasteiger partial charge in [0, 0.05) is 6.07 Å². The number of hydrogen-bond donors (Lipinski definition) is 0. The maximum Gasteiger partial charge on any atom is 0.285 e. The number of aromatic nitrogens is 2. The highest BCUT2D eigenvalue weighted by molar-refractivity contribution is 4.68. The molecular formula is C5H8N2O. The second-order valence-corrected chi connectivity index (χ2v) is 1.42. The Bertz CT molecular complexity index is 140. The second-order valence-electron chi connectivity index (χ2n) is 1.42. The molecule has 0 aliphatic carbocycles. The molecular weight excluding hydrogens is 104 g/mol. The molecule has 8 heavy (non-hydrogen) atoms. The Morgan fingerprint density at radius 1 is 1.50 bits per heavy atom. The zero-order chi connectivity index (χ0) is 5.11. The summed E-state index contributed by atoms with van der Waals surface area (Å²) in [5.41, 5.74) is 0. The monoisotopic (exact) mass is 112 g/mol. The fraction of sp³-hybridized carbons (Fsp3) is 0.200. The molecule has 0 aromatic carbocycles. The topological polar surface area (TPSA) is 46.8 Å². The van der Waals surface area contributed by atoms with Gasteiger partial charge in [0.2, 0.25) is 0 Å². The first kappa shape index (κ1) is 7.04. The molecule has 0 bridgehead atoms. The summed E-state index contributed by atoms with van der Waals surface area (Å²) in [6.45, 7) is 0. The lowest BCUT2D eigenvalue weighted by Gasteiger charge is -1.78. The quantitative estimate of drug-likeness (QED) is 0.434. The van der Waals surface area contributed by atoms with Crippen molar-refractivity contribution in [2.75, 3.05) is 0 Å². The summed E-state index contributed by atoms with van der Waals surface area (Å²) in [5, 5.41) is 0. The van der Waals surface area contributed by atoms with Crippen molar-refractivity contribution in [3.05, 3.63) is 24.8 Å². The maximum absolute atomic E-state index is 3.85. The van der Waals surface area contributed by atoms with E-state index in [2.05, 4.69) is 4.98 Å². The van der Waals surface area contributed by atoms with Crippen molar-refractivity contribution in [3.8, 4) is 0 Å². The lowest BCUT2D eigenvalue weighted by atomic mass is 10.7. The SMILES string of the molecule is C[n+]1cccnc1.[OH-]. The normalized spacial score (nSPS) is 7.62. The molecule has 3 heteroatoms. The van der Waals surface area contributed by atoms with Crippen LogP contribution >= 0.6 is 0 Å². The van der Waals surface area contributed by atoms with Gasteiger partial charge in [0.15, 0.2) is 0 Å². The Labute approximate surface area is 47.9 Å². The van der Waals surface area contributed by atoms with Crippen LogP contribution in [0.15, 0.2) is 24.8 Å². The minimum atomic E-state index is 0. The first-order chi connectivity index (χ1) is 3.39. The molecule has 0 spiro atoms. The van der Waals surface area contributed by atoms with Crippen LogP contribution in [0.2, 0.25) is 0 Å². The standard InChI is InChI=1S/C5H7N2.H2O/c1-7-4-2-3-6-5-7;/h2-5H,1H3;1H2/q+1;/p-1. The van der Waals surface area contributed by atoms with E-state index >= 15 is 0 Å². The van der Waals surface area contributed by atoms with Crippen LogP contribution < -0.4 is 4.57 Å². The van der Waals surface area contributed by atoms with Gasteiger partial charge in [-0.15, -0.1) is 0 Å². The number of hydrogen-bond acceptors (Lipinski definition) is 2. The molecule has 0 aliphatic heterocycles. The molecule has 3 nitrogen and oxygen atoms in total. The van der Waals surface area contributed by atoms with Crippen LogP contribution in [0.25, 0.3) is 0 Å². The van der Waals surface area contributed by atoms with Gasteiger partial charge in [0.05, 0.1) is 13.2 Å². The third kappa shape index (κ3) is 1.66. The summed E-state index contributed by atoms with van der Waals surface area (Å²) in [6, 6.07) is 1.89. The highest BCUT2D eigenvalue weighted by atomic mass is 16.0. The molecule has 1 aromatic rings. The lowest BCUT2D eigenvalue weighted by molar-refractivity contribution is -0.674. The first-order valence-electron chi connectivity index (χ1n) is 2.15. The molecule has 0 saturated carbocycles. The van der Waals surface area contributed by atoms with Crippen molar-refractivity contribution in [2.45, 2.75) is 0 Å². The summed E-state index contributed by atoms with van der Waals surface area (Å²) in [6.07, 6.45) is 5.44. The lowest BCUT2D eigenvalue weighted by Crippen LogP contribution is -2.26. The molecule has 1 heterocycles. The van der Waals surface area contributed by atoms with E-state index in [1.807, 2.05) is 23.9 Å². The summed E-state index contributed by atoms with van der Waals surface area (Å²) < 4.78 is 1.89. The van der Waals surface area contributed by atoms with Crippen LogP contribution in [0.5, 0.6) is 0 Å². The van der Waals surface area contributed by atoms with Gasteiger partial charge in [0.25, 0.3) is 6.33 Å². The zero-order valence-corrected chi connectivity index (χ0v) is 4.65. The van der Waals surface area contributed by atoms with Gasteiger partial charge in [-0.05, 0) is 0 Å². The Morgan fingerprint density at radius 2 is 2.25 bits per heavy atom. The Hall–Kier alpha value is -0.960. The van der Waals surface area contributed by atoms with Crippen molar-refractivity contribution in [1.29, 1.82) is 0 Å². The number of nitrogens with zero attached hydrogens (tertiary/aromatic N) is 2. The second kappa shape index (κ2) is 3.10. The molecule has 0 saturated heterocycles. The predicted molar refractivity (Wildman–Crippen MR) is 27.3 cm³/mol. The highest BCUT2D eigenvalue weighted by Gasteiger charge is 1.79. The van der Waals surface area contributed by atoms with Crippen molar-refractivity contribution in [3.63, 3.8) is 0 Å². The molecule has 44 valence electrons. The average molecular weight is 112 g/mol. The zero-order valence-electron chi connectivity index (χ0n) is 4.65. The van der Waals surface area contributed by atoms with E-state index in [9.17, 15) is 0 Å². The molecule has 0 fully saturated rings. The van der Waals surface area contributed by atoms with Gasteiger partial charge >= 0.3 is 0 Å². The fourth-order valence-corrected chi connectivity index (χ4v) is 0.406. The third-order valence-electron chi connectivity index (χ3n) is 0.742.